The summed E-state index contributed by atoms with van der Waals surface area (Å²) in [5.74, 6) is 0.664. The molecule has 4 N–H and O–H groups in total. The Morgan fingerprint density at radius 2 is 1.81 bits per heavy atom. The maximum absolute atomic E-state index is 13.3. The lowest BCUT2D eigenvalue weighted by Gasteiger charge is -2.29. The van der Waals surface area contributed by atoms with Crippen LogP contribution in [0.25, 0.3) is 22.3 Å². The van der Waals surface area contributed by atoms with E-state index in [0.717, 1.165) is 12.8 Å². The maximum Gasteiger partial charge on any atom is 0.415 e. The SMILES string of the molecule is CCCCN(C(=O)Oc1ccccc1-c1nc2ccccc2c(=O)[nH]1)C(C)CNC(=O)[C@@H](N)CC(C)C. The Bertz CT molecular complexity index is 1270. The molecule has 0 fully saturated rings. The molecule has 1 aromatic heterocycles. The highest BCUT2D eigenvalue weighted by molar-refractivity contribution is 5.82. The number of H-pyrrole nitrogens is 1. The largest absolute Gasteiger partial charge is 0.415 e. The van der Waals surface area contributed by atoms with Gasteiger partial charge in [0.25, 0.3) is 5.56 Å². The first-order valence-electron chi connectivity index (χ1n) is 12.8. The second kappa shape index (κ2) is 13.0. The van der Waals surface area contributed by atoms with Crippen LogP contribution in [0.2, 0.25) is 0 Å². The molecule has 3 aromatic rings. The molecule has 9 heteroatoms. The van der Waals surface area contributed by atoms with Crippen LogP contribution in [0, 0.1) is 5.92 Å². The number of ether oxygens (including phenoxy) is 1. The number of nitrogens with two attached hydrogens (primary N) is 1. The van der Waals surface area contributed by atoms with Crippen LogP contribution in [0.4, 0.5) is 4.79 Å². The molecule has 1 heterocycles. The summed E-state index contributed by atoms with van der Waals surface area (Å²) in [7, 11) is 0. The lowest BCUT2D eigenvalue weighted by atomic mass is 10.0. The van der Waals surface area contributed by atoms with Crippen LogP contribution in [-0.4, -0.2) is 52.0 Å². The summed E-state index contributed by atoms with van der Waals surface area (Å²) in [5, 5.41) is 3.34. The van der Waals surface area contributed by atoms with Crippen molar-refractivity contribution in [3.8, 4) is 17.1 Å². The highest BCUT2D eigenvalue weighted by Gasteiger charge is 2.24. The summed E-state index contributed by atoms with van der Waals surface area (Å²) in [6.07, 6.45) is 1.71. The normalized spacial score (nSPS) is 12.8. The zero-order valence-corrected chi connectivity index (χ0v) is 22.0. The number of aromatic amines is 1. The van der Waals surface area contributed by atoms with E-state index in [0.29, 0.717) is 41.2 Å². The fraction of sp³-hybridized carbons (Fsp3) is 0.429. The van der Waals surface area contributed by atoms with Gasteiger partial charge in [0.05, 0.1) is 22.5 Å². The molecule has 3 rings (SSSR count). The first kappa shape index (κ1) is 27.9. The lowest BCUT2D eigenvalue weighted by Crippen LogP contribution is -2.50. The smallest absolute Gasteiger partial charge is 0.409 e. The van der Waals surface area contributed by atoms with Crippen LogP contribution < -0.4 is 21.3 Å². The predicted molar refractivity (Wildman–Crippen MR) is 145 cm³/mol. The molecule has 0 aliphatic rings. The van der Waals surface area contributed by atoms with Crippen molar-refractivity contribution < 1.29 is 14.3 Å². The van der Waals surface area contributed by atoms with Crippen molar-refractivity contribution in [2.45, 2.75) is 59.0 Å². The average molecular weight is 508 g/mol. The van der Waals surface area contributed by atoms with Gasteiger partial charge in [-0.05, 0) is 49.9 Å². The summed E-state index contributed by atoms with van der Waals surface area (Å²) in [6, 6.07) is 13.1. The number of rotatable bonds is 11. The molecule has 2 atom stereocenters. The van der Waals surface area contributed by atoms with E-state index in [-0.39, 0.29) is 29.8 Å². The molecule has 0 aliphatic carbocycles. The van der Waals surface area contributed by atoms with Gasteiger partial charge < -0.3 is 25.7 Å². The van der Waals surface area contributed by atoms with E-state index in [4.69, 9.17) is 10.5 Å². The summed E-state index contributed by atoms with van der Waals surface area (Å²) in [6.45, 7) is 8.65. The van der Waals surface area contributed by atoms with Crippen LogP contribution in [0.3, 0.4) is 0 Å². The van der Waals surface area contributed by atoms with Gasteiger partial charge in [0.1, 0.15) is 11.6 Å². The van der Waals surface area contributed by atoms with E-state index in [1.807, 2.05) is 33.8 Å². The van der Waals surface area contributed by atoms with E-state index in [2.05, 4.69) is 15.3 Å². The van der Waals surface area contributed by atoms with Gasteiger partial charge in [0, 0.05) is 19.1 Å². The first-order chi connectivity index (χ1) is 17.7. The highest BCUT2D eigenvalue weighted by atomic mass is 16.6. The maximum atomic E-state index is 13.3. The van der Waals surface area contributed by atoms with Gasteiger partial charge in [-0.25, -0.2) is 9.78 Å². The molecule has 2 aromatic carbocycles. The molecule has 0 aliphatic heterocycles. The predicted octanol–water partition coefficient (Wildman–Crippen LogP) is 4.07. The molecule has 198 valence electrons. The number of carbonyl (C=O) groups excluding carboxylic acids is 2. The number of unbranched alkanes of at least 4 members (excludes halogenated alkanes) is 1. The van der Waals surface area contributed by atoms with E-state index in [9.17, 15) is 14.4 Å². The number of hydrogen-bond donors (Lipinski definition) is 3. The number of amides is 2. The fourth-order valence-corrected chi connectivity index (χ4v) is 4.04. The third kappa shape index (κ3) is 7.39. The molecule has 0 saturated carbocycles. The van der Waals surface area contributed by atoms with Crippen molar-refractivity contribution in [2.24, 2.45) is 11.7 Å². The molecular formula is C28H37N5O4. The minimum atomic E-state index is -0.591. The topological polar surface area (TPSA) is 130 Å². The number of benzene rings is 2. The Labute approximate surface area is 217 Å². The van der Waals surface area contributed by atoms with Crippen LogP contribution in [0.1, 0.15) is 47.0 Å². The van der Waals surface area contributed by atoms with Crippen LogP contribution in [0.15, 0.2) is 53.3 Å². The fourth-order valence-electron chi connectivity index (χ4n) is 4.04. The van der Waals surface area contributed by atoms with Gasteiger partial charge >= 0.3 is 6.09 Å². The van der Waals surface area contributed by atoms with Crippen LogP contribution in [-0.2, 0) is 4.79 Å². The number of hydrogen-bond acceptors (Lipinski definition) is 6. The summed E-state index contributed by atoms with van der Waals surface area (Å²) in [5.41, 5.74) is 6.76. The number of carbonyl (C=O) groups is 2. The van der Waals surface area contributed by atoms with Gasteiger partial charge in [-0.15, -0.1) is 0 Å². The summed E-state index contributed by atoms with van der Waals surface area (Å²) < 4.78 is 5.83. The second-order valence-corrected chi connectivity index (χ2v) is 9.67. The quantitative estimate of drug-likeness (QED) is 0.359. The van der Waals surface area contributed by atoms with Gasteiger partial charge in [-0.1, -0.05) is 51.5 Å². The Morgan fingerprint density at radius 1 is 1.11 bits per heavy atom. The van der Waals surface area contributed by atoms with E-state index < -0.39 is 12.1 Å². The lowest BCUT2D eigenvalue weighted by molar-refractivity contribution is -0.122. The van der Waals surface area contributed by atoms with E-state index >= 15 is 0 Å². The van der Waals surface area contributed by atoms with Crippen molar-refractivity contribution >= 4 is 22.9 Å². The van der Waals surface area contributed by atoms with Gasteiger partial charge in [0.15, 0.2) is 0 Å². The average Bonchev–Trinajstić information content (AvgIpc) is 2.87. The Hall–Kier alpha value is -3.72. The minimum absolute atomic E-state index is 0.235. The van der Waals surface area contributed by atoms with Gasteiger partial charge in [-0.2, -0.15) is 0 Å². The van der Waals surface area contributed by atoms with Gasteiger partial charge in [0.2, 0.25) is 5.91 Å². The molecule has 37 heavy (non-hydrogen) atoms. The number of nitrogens with zero attached hydrogens (tertiary/aromatic N) is 2. The second-order valence-electron chi connectivity index (χ2n) is 9.67. The number of para-hydroxylation sites is 2. The highest BCUT2D eigenvalue weighted by Crippen LogP contribution is 2.28. The van der Waals surface area contributed by atoms with Crippen LogP contribution in [0.5, 0.6) is 5.75 Å². The zero-order chi connectivity index (χ0) is 26.9. The van der Waals surface area contributed by atoms with Crippen molar-refractivity contribution in [3.05, 3.63) is 58.9 Å². The Balaban J connectivity index is 1.79. The minimum Gasteiger partial charge on any atom is -0.409 e. The molecule has 0 radical (unpaired) electrons. The number of nitrogens with one attached hydrogen (secondary N) is 2. The first-order valence-corrected chi connectivity index (χ1v) is 12.8. The molecular weight excluding hydrogens is 470 g/mol. The third-order valence-electron chi connectivity index (χ3n) is 6.11. The standard InChI is InChI=1S/C28H37N5O4/c1-5-6-15-33(19(4)17-30-27(35)22(29)16-18(2)3)28(36)37-24-14-10-8-12-21(24)25-31-23-13-9-7-11-20(23)26(34)32-25/h7-14,18-19,22H,5-6,15-17,29H2,1-4H3,(H,30,35)(H,31,32,34)/t19?,22-/m0/s1. The Morgan fingerprint density at radius 3 is 2.54 bits per heavy atom. The molecule has 0 bridgehead atoms. The van der Waals surface area contributed by atoms with Crippen molar-refractivity contribution in [2.75, 3.05) is 13.1 Å². The molecule has 0 saturated heterocycles. The van der Waals surface area contributed by atoms with Crippen LogP contribution >= 0.6 is 0 Å². The number of fused-ring (bicyclic) bond motifs is 1. The summed E-state index contributed by atoms with van der Waals surface area (Å²) in [4.78, 5) is 47.3. The summed E-state index contributed by atoms with van der Waals surface area (Å²) >= 11 is 0. The van der Waals surface area contributed by atoms with E-state index in [1.54, 1.807) is 47.4 Å². The third-order valence-corrected chi connectivity index (χ3v) is 6.11. The number of aromatic nitrogens is 2. The molecule has 1 unspecified atom stereocenters. The van der Waals surface area contributed by atoms with Gasteiger partial charge in [-0.3, -0.25) is 9.59 Å². The van der Waals surface area contributed by atoms with Crippen molar-refractivity contribution in [1.29, 1.82) is 0 Å². The molecule has 2 amide bonds. The Kier molecular flexibility index (Phi) is 9.79. The molecule has 9 nitrogen and oxygen atoms in total. The van der Waals surface area contributed by atoms with Crippen molar-refractivity contribution in [1.82, 2.24) is 20.2 Å². The van der Waals surface area contributed by atoms with E-state index in [1.165, 1.54) is 0 Å². The zero-order valence-electron chi connectivity index (χ0n) is 22.0. The monoisotopic (exact) mass is 507 g/mol. The molecule has 0 spiro atoms. The van der Waals surface area contributed by atoms with Crippen molar-refractivity contribution in [3.63, 3.8) is 0 Å².